The highest BCUT2D eigenvalue weighted by Gasteiger charge is 2.19. The van der Waals surface area contributed by atoms with E-state index in [2.05, 4.69) is 20.4 Å². The number of amides is 2. The van der Waals surface area contributed by atoms with Gasteiger partial charge < -0.3 is 15.5 Å². The Morgan fingerprint density at radius 2 is 2.25 bits per heavy atom. The van der Waals surface area contributed by atoms with Crippen LogP contribution in [-0.4, -0.2) is 31.6 Å². The van der Waals surface area contributed by atoms with Crippen LogP contribution in [0.3, 0.4) is 0 Å². The van der Waals surface area contributed by atoms with Crippen molar-refractivity contribution in [2.24, 2.45) is 5.73 Å². The van der Waals surface area contributed by atoms with E-state index in [1.165, 1.54) is 34.7 Å². The molecule has 0 aliphatic rings. The van der Waals surface area contributed by atoms with Gasteiger partial charge in [0.25, 0.3) is 11.8 Å². The number of nitrogens with two attached hydrogens (primary N) is 1. The Hall–Kier alpha value is -3.01. The van der Waals surface area contributed by atoms with Gasteiger partial charge in [0.2, 0.25) is 0 Å². The Labute approximate surface area is 140 Å². The van der Waals surface area contributed by atoms with Crippen LogP contribution in [0.2, 0.25) is 0 Å². The van der Waals surface area contributed by atoms with Gasteiger partial charge in [0, 0.05) is 10.9 Å². The summed E-state index contributed by atoms with van der Waals surface area (Å²) in [5.74, 6) is -0.304. The summed E-state index contributed by atoms with van der Waals surface area (Å²) in [6, 6.07) is 1.02. The number of carbonyl (C=O) groups is 2. The molecule has 3 rings (SSSR count). The zero-order chi connectivity index (χ0) is 17.3. The van der Waals surface area contributed by atoms with Crippen molar-refractivity contribution in [1.82, 2.24) is 19.7 Å². The van der Waals surface area contributed by atoms with Crippen molar-refractivity contribution in [1.29, 1.82) is 0 Å². The summed E-state index contributed by atoms with van der Waals surface area (Å²) in [5, 5.41) is 8.86. The summed E-state index contributed by atoms with van der Waals surface area (Å²) < 4.78 is 6.74. The second-order valence-corrected chi connectivity index (χ2v) is 5.88. The summed E-state index contributed by atoms with van der Waals surface area (Å²) in [7, 11) is 0. The molecule has 3 aromatic rings. The molecule has 0 bridgehead atoms. The van der Waals surface area contributed by atoms with E-state index in [1.54, 1.807) is 19.2 Å². The first kappa shape index (κ1) is 15.9. The number of rotatable bonds is 5. The predicted molar refractivity (Wildman–Crippen MR) is 86.4 cm³/mol. The molecule has 124 valence electrons. The molecule has 0 saturated heterocycles. The highest BCUT2D eigenvalue weighted by molar-refractivity contribution is 7.14. The maximum absolute atomic E-state index is 12.2. The number of hydrogen-bond donors (Lipinski definition) is 2. The molecule has 0 saturated carbocycles. The molecule has 0 aliphatic carbocycles. The minimum atomic E-state index is -0.644. The van der Waals surface area contributed by atoms with Crippen LogP contribution in [0.5, 0.6) is 0 Å². The van der Waals surface area contributed by atoms with Crippen LogP contribution in [0.15, 0.2) is 28.5 Å². The van der Waals surface area contributed by atoms with Crippen molar-refractivity contribution < 1.29 is 14.0 Å². The number of aryl methyl sites for hydroxylation is 1. The van der Waals surface area contributed by atoms with E-state index in [0.29, 0.717) is 22.1 Å². The first-order valence-electron chi connectivity index (χ1n) is 6.97. The number of furan rings is 1. The molecule has 3 aromatic heterocycles. The number of primary amides is 1. The van der Waals surface area contributed by atoms with Crippen LogP contribution < -0.4 is 11.1 Å². The molecule has 3 heterocycles. The summed E-state index contributed by atoms with van der Waals surface area (Å²) in [5.41, 5.74) is 6.46. The third-order valence-electron chi connectivity index (χ3n) is 3.38. The second kappa shape index (κ2) is 6.24. The van der Waals surface area contributed by atoms with Gasteiger partial charge in [-0.25, -0.2) is 14.6 Å². The largest absolute Gasteiger partial charge is 0.456 e. The number of anilines is 1. The molecule has 0 aromatic carbocycles. The van der Waals surface area contributed by atoms with Gasteiger partial charge in [-0.15, -0.1) is 11.3 Å². The lowest BCUT2D eigenvalue weighted by Gasteiger charge is -2.09. The summed E-state index contributed by atoms with van der Waals surface area (Å²) in [6.07, 6.45) is 2.83. The quantitative estimate of drug-likeness (QED) is 0.722. The number of nitrogens with one attached hydrogen (secondary N) is 1. The molecule has 10 heteroatoms. The molecular formula is C14H14N6O3S. The summed E-state index contributed by atoms with van der Waals surface area (Å²) >= 11 is 1.27. The Kier molecular flexibility index (Phi) is 4.13. The van der Waals surface area contributed by atoms with Gasteiger partial charge in [0.1, 0.15) is 24.5 Å². The van der Waals surface area contributed by atoms with Crippen molar-refractivity contribution in [3.05, 3.63) is 35.6 Å². The first-order valence-corrected chi connectivity index (χ1v) is 7.84. The third kappa shape index (κ3) is 3.04. The Bertz CT molecular complexity index is 882. The van der Waals surface area contributed by atoms with E-state index in [9.17, 15) is 9.59 Å². The van der Waals surface area contributed by atoms with Crippen molar-refractivity contribution in [2.45, 2.75) is 19.9 Å². The molecule has 24 heavy (non-hydrogen) atoms. The van der Waals surface area contributed by atoms with E-state index in [-0.39, 0.29) is 11.7 Å². The lowest BCUT2D eigenvalue weighted by Crippen LogP contribution is -2.23. The lowest BCUT2D eigenvalue weighted by molar-refractivity contribution is -0.119. The number of hydrogen-bond acceptors (Lipinski definition) is 7. The second-order valence-electron chi connectivity index (χ2n) is 5.02. The van der Waals surface area contributed by atoms with Gasteiger partial charge in [-0.05, 0) is 19.9 Å². The molecule has 3 N–H and O–H groups in total. The van der Waals surface area contributed by atoms with E-state index in [4.69, 9.17) is 10.2 Å². The molecule has 0 spiro atoms. The van der Waals surface area contributed by atoms with Crippen LogP contribution >= 0.6 is 11.3 Å². The summed E-state index contributed by atoms with van der Waals surface area (Å²) in [6.45, 7) is 3.42. The zero-order valence-electron chi connectivity index (χ0n) is 12.9. The van der Waals surface area contributed by atoms with Gasteiger partial charge in [0.05, 0.1) is 5.69 Å². The average molecular weight is 346 g/mol. The van der Waals surface area contributed by atoms with E-state index in [1.807, 2.05) is 0 Å². The van der Waals surface area contributed by atoms with Crippen LogP contribution in [0.25, 0.3) is 11.3 Å². The SMILES string of the molecule is Cc1oc(C(N)=O)cc1-c1csc(NC(=O)C(C)n2cncn2)n1. The highest BCUT2D eigenvalue weighted by Crippen LogP contribution is 2.30. The van der Waals surface area contributed by atoms with Crippen LogP contribution in [-0.2, 0) is 4.79 Å². The first-order chi connectivity index (χ1) is 11.5. The van der Waals surface area contributed by atoms with Crippen LogP contribution in [0.1, 0.15) is 29.3 Å². The normalized spacial score (nSPS) is 12.1. The molecule has 0 radical (unpaired) electrons. The number of carbonyl (C=O) groups excluding carboxylic acids is 2. The minimum absolute atomic E-state index is 0.0703. The number of nitrogens with zero attached hydrogens (tertiary/aromatic N) is 4. The number of aromatic nitrogens is 4. The maximum Gasteiger partial charge on any atom is 0.284 e. The van der Waals surface area contributed by atoms with Gasteiger partial charge in [0.15, 0.2) is 10.9 Å². The molecule has 0 aliphatic heterocycles. The molecule has 1 unspecified atom stereocenters. The lowest BCUT2D eigenvalue weighted by atomic mass is 10.2. The zero-order valence-corrected chi connectivity index (χ0v) is 13.7. The fraction of sp³-hybridized carbons (Fsp3) is 0.214. The van der Waals surface area contributed by atoms with Gasteiger partial charge in [-0.2, -0.15) is 5.10 Å². The molecule has 2 amide bonds. The Morgan fingerprint density at radius 3 is 2.88 bits per heavy atom. The molecular weight excluding hydrogens is 332 g/mol. The average Bonchev–Trinajstić information content (AvgIpc) is 3.26. The smallest absolute Gasteiger partial charge is 0.284 e. The minimum Gasteiger partial charge on any atom is -0.456 e. The molecule has 9 nitrogen and oxygen atoms in total. The molecule has 1 atom stereocenters. The number of thiazole rings is 1. The fourth-order valence-corrected chi connectivity index (χ4v) is 2.77. The van der Waals surface area contributed by atoms with Crippen molar-refractivity contribution in [2.75, 3.05) is 5.32 Å². The fourth-order valence-electron chi connectivity index (χ4n) is 2.06. The van der Waals surface area contributed by atoms with Gasteiger partial charge in [-0.1, -0.05) is 0 Å². The third-order valence-corrected chi connectivity index (χ3v) is 4.14. The Morgan fingerprint density at radius 1 is 1.46 bits per heavy atom. The van der Waals surface area contributed by atoms with Crippen molar-refractivity contribution in [3.63, 3.8) is 0 Å². The van der Waals surface area contributed by atoms with Crippen LogP contribution in [0, 0.1) is 6.92 Å². The maximum atomic E-state index is 12.2. The Balaban J connectivity index is 1.76. The van der Waals surface area contributed by atoms with E-state index in [0.717, 1.165) is 0 Å². The predicted octanol–water partition coefficient (Wildman–Crippen LogP) is 1.60. The monoisotopic (exact) mass is 346 g/mol. The van der Waals surface area contributed by atoms with Gasteiger partial charge in [-0.3, -0.25) is 9.59 Å². The standard InChI is InChI=1S/C14H14N6O3S/c1-7(20-6-16-5-17-20)13(22)19-14-18-10(4-24-14)9-3-11(12(15)21)23-8(9)2/h3-7H,1-2H3,(H2,15,21)(H,18,19,22). The summed E-state index contributed by atoms with van der Waals surface area (Å²) in [4.78, 5) is 31.5. The molecule has 0 fully saturated rings. The van der Waals surface area contributed by atoms with E-state index < -0.39 is 11.9 Å². The van der Waals surface area contributed by atoms with E-state index >= 15 is 0 Å². The topological polar surface area (TPSA) is 129 Å². The van der Waals surface area contributed by atoms with Crippen LogP contribution in [0.4, 0.5) is 5.13 Å². The van der Waals surface area contributed by atoms with Crippen molar-refractivity contribution in [3.8, 4) is 11.3 Å². The highest BCUT2D eigenvalue weighted by atomic mass is 32.1. The van der Waals surface area contributed by atoms with Gasteiger partial charge >= 0.3 is 0 Å². The van der Waals surface area contributed by atoms with Crippen molar-refractivity contribution >= 4 is 28.3 Å².